The molecule has 5 N–H and O–H groups in total. The van der Waals surface area contributed by atoms with E-state index in [1.165, 1.54) is 88.0 Å². The van der Waals surface area contributed by atoms with E-state index >= 15 is 0 Å². The number of carbonyl (C=O) groups excluding carboxylic acids is 7. The van der Waals surface area contributed by atoms with Crippen molar-refractivity contribution in [1.29, 1.82) is 0 Å². The van der Waals surface area contributed by atoms with Gasteiger partial charge in [0, 0.05) is 33.8 Å². The van der Waals surface area contributed by atoms with E-state index in [4.69, 9.17) is 51.6 Å². The van der Waals surface area contributed by atoms with Gasteiger partial charge in [0.1, 0.15) is 39.4 Å². The molecule has 4 heterocycles. The van der Waals surface area contributed by atoms with Crippen molar-refractivity contribution in [2.75, 3.05) is 76.0 Å². The molecule has 3 aromatic heterocycles. The number of esters is 4. The van der Waals surface area contributed by atoms with Crippen LogP contribution >= 0.6 is 45.8 Å². The van der Waals surface area contributed by atoms with Gasteiger partial charge in [-0.25, -0.2) is 82.4 Å². The molecule has 0 radical (unpaired) electrons. The number of pyridine rings is 1. The van der Waals surface area contributed by atoms with Crippen molar-refractivity contribution < 1.29 is 148 Å². The van der Waals surface area contributed by atoms with E-state index in [0.717, 1.165) is 62.9 Å². The largest absolute Gasteiger partial charge is 1.00 e. The van der Waals surface area contributed by atoms with Gasteiger partial charge in [0.15, 0.2) is 17.5 Å². The number of hydrogen-bond acceptors (Lipinski definition) is 29. The summed E-state index contributed by atoms with van der Waals surface area (Å²) in [5, 5.41) is 12.9. The van der Waals surface area contributed by atoms with Crippen molar-refractivity contribution in [2.24, 2.45) is 5.10 Å². The smallest absolute Gasteiger partial charge is 0.481 e. The van der Waals surface area contributed by atoms with Crippen molar-refractivity contribution in [2.45, 2.75) is 62.2 Å². The number of urea groups is 2. The van der Waals surface area contributed by atoms with Crippen molar-refractivity contribution >= 4 is 147 Å². The predicted molar refractivity (Wildman–Crippen MR) is 398 cm³/mol. The number of nitrogens with one attached hydrogen (secondary N) is 5. The van der Waals surface area contributed by atoms with E-state index in [9.17, 15) is 80.8 Å². The first-order valence-electron chi connectivity index (χ1n) is 31.3. The Hall–Kier alpha value is -10.3. The Morgan fingerprint density at radius 1 is 0.681 bits per heavy atom. The van der Waals surface area contributed by atoms with Crippen LogP contribution in [0.5, 0.6) is 29.4 Å². The molecule has 0 aliphatic carbocycles. The van der Waals surface area contributed by atoms with E-state index in [0.29, 0.717) is 25.4 Å². The molecule has 0 saturated carbocycles. The van der Waals surface area contributed by atoms with Crippen LogP contribution in [-0.2, 0) is 71.3 Å². The van der Waals surface area contributed by atoms with Crippen molar-refractivity contribution in [3.05, 3.63) is 185 Å². The number of hydrogen-bond donors (Lipinski definition) is 5. The molecule has 1 atom stereocenters. The van der Waals surface area contributed by atoms with Crippen LogP contribution in [0.2, 0.25) is 10.0 Å². The van der Waals surface area contributed by atoms with Gasteiger partial charge >= 0.3 is 71.7 Å². The number of anilines is 4. The van der Waals surface area contributed by atoms with E-state index in [2.05, 4.69) is 69.9 Å². The van der Waals surface area contributed by atoms with Crippen LogP contribution < -0.4 is 78.9 Å². The molecule has 5 aromatic carbocycles. The van der Waals surface area contributed by atoms with Crippen molar-refractivity contribution in [3.63, 3.8) is 0 Å². The first-order valence-corrected chi connectivity index (χ1v) is 37.9. The Labute approximate surface area is 686 Å². The van der Waals surface area contributed by atoms with Crippen LogP contribution in [0.25, 0.3) is 4.72 Å². The van der Waals surface area contributed by atoms with Gasteiger partial charge in [-0.1, -0.05) is 35.3 Å². The van der Waals surface area contributed by atoms with E-state index in [1.54, 1.807) is 43.7 Å². The Morgan fingerprint density at radius 3 is 1.91 bits per heavy atom. The Bertz CT molecular complexity index is 5250. The molecule has 8 aromatic rings. The van der Waals surface area contributed by atoms with E-state index in [1.807, 2.05) is 22.6 Å². The predicted octanol–water partition coefficient (Wildman–Crippen LogP) is 7.59. The number of halogens is 8. The summed E-state index contributed by atoms with van der Waals surface area (Å²) in [5.74, 6) is -6.26. The second-order valence-corrected chi connectivity index (χ2v) is 29.1. The number of benzene rings is 5. The summed E-state index contributed by atoms with van der Waals surface area (Å²) in [6.45, 7) is 6.76. The van der Waals surface area contributed by atoms with Gasteiger partial charge in [0.25, 0.3) is 15.9 Å². The molecule has 35 nitrogen and oxygen atoms in total. The minimum absolute atomic E-state index is 0. The first kappa shape index (κ1) is 93.3. The van der Waals surface area contributed by atoms with Crippen LogP contribution in [-0.4, -0.2) is 163 Å². The van der Waals surface area contributed by atoms with Crippen LogP contribution in [0, 0.1) is 22.1 Å². The molecule has 47 heteroatoms. The van der Waals surface area contributed by atoms with Gasteiger partial charge in [0.2, 0.25) is 43.6 Å². The number of methoxy groups -OCH3 is 5. The van der Waals surface area contributed by atoms with Crippen molar-refractivity contribution in [1.82, 2.24) is 39.3 Å². The Balaban J connectivity index is 0.000000270. The van der Waals surface area contributed by atoms with E-state index in [-0.39, 0.29) is 137 Å². The molecule has 0 spiro atoms. The monoisotopic (exact) mass is 1800 g/mol. The van der Waals surface area contributed by atoms with Gasteiger partial charge in [0.05, 0.1) is 99.1 Å². The average molecular weight is 1800 g/mol. The summed E-state index contributed by atoms with van der Waals surface area (Å²) < 4.78 is 185. The Kier molecular flexibility index (Phi) is 34.2. The molecule has 0 saturated heterocycles. The average Bonchev–Trinajstić information content (AvgIpc) is 1.61. The van der Waals surface area contributed by atoms with Crippen LogP contribution in [0.3, 0.4) is 0 Å². The third-order valence-electron chi connectivity index (χ3n) is 13.9. The molecule has 1 aliphatic heterocycles. The number of amides is 5. The zero-order valence-electron chi connectivity index (χ0n) is 60.7. The van der Waals surface area contributed by atoms with Crippen LogP contribution in [0.4, 0.5) is 54.8 Å². The topological polar surface area (TPSA) is 463 Å². The standard InChI is InChI=1S/C19H11F5N2O2.C17H21N5O9S2.C16H18Cl2N2O4.C14H14IN5O6S.Na/c20-12-6-7-16(15(21)10-12)26-17(27)14-5-2-8-25-18(14)28-13-4-1-3-11(9-13)19(22,23)24;1-29-13-8-14(30-2)20-16(19-13)21-17(24)22-33(27,28)12-7-10(9-18-32(4,25)26)5-6-11(12)15(23)31-3;1-4-23-14(21)12-9-16(3,15(22)24-5-2)20(19-12)13-7-6-10(17)8-11(13)18;1-7-16-12(19-14(17-7)26-3)18-13(22)20-27(23,24)10-6-8(15)4-5-9(10)11(21)25-2;/h1-10H,(H,26,27);5-8,18H,9H2,1-4H3,(H2,19,20,21,22,24);6-8H,4-5,9H2,1-3H3;4-6H,1-3H3,(H2,16,17,18,19,20,22);/q;;;;+1/p-1. The van der Waals surface area contributed by atoms with E-state index < -0.39 is 111 Å². The molecule has 113 heavy (non-hydrogen) atoms. The Morgan fingerprint density at radius 2 is 1.32 bits per heavy atom. The molecule has 0 fully saturated rings. The zero-order chi connectivity index (χ0) is 83.2. The van der Waals surface area contributed by atoms with Crippen molar-refractivity contribution in [3.8, 4) is 29.4 Å². The number of sulfonamides is 3. The molecule has 5 amide bonds. The number of carbonyl (C=O) groups is 7. The molecular formula is C66H63Cl2F5IN14NaO21S3. The zero-order valence-corrected chi connectivity index (χ0v) is 68.8. The number of nitrogens with zero attached hydrogens (tertiary/aromatic N) is 9. The van der Waals surface area contributed by atoms with Gasteiger partial charge in [-0.3, -0.25) is 14.9 Å². The first-order chi connectivity index (χ1) is 52.6. The number of alkyl halides is 3. The summed E-state index contributed by atoms with van der Waals surface area (Å²) in [6.07, 6.45) is -2.30. The number of hydrazone groups is 1. The number of aryl methyl sites for hydroxylation is 1. The summed E-state index contributed by atoms with van der Waals surface area (Å²) in [6, 6.07) is 20.4. The molecule has 0 bridgehead atoms. The molecular weight excluding hydrogens is 1740 g/mol. The number of ether oxygens (including phenoxy) is 8. The normalized spacial score (nSPS) is 12.9. The summed E-state index contributed by atoms with van der Waals surface area (Å²) in [7, 11) is -6.61. The maximum atomic E-state index is 13.7. The summed E-state index contributed by atoms with van der Waals surface area (Å²) >= 11 is 14.0. The maximum Gasteiger partial charge on any atom is 1.00 e. The minimum Gasteiger partial charge on any atom is -0.481 e. The van der Waals surface area contributed by atoms with Gasteiger partial charge in [-0.15, -0.1) is 0 Å². The quantitative estimate of drug-likeness (QED) is 0.0135. The second kappa shape index (κ2) is 41.4. The second-order valence-electron chi connectivity index (χ2n) is 22.0. The number of rotatable bonds is 23. The third kappa shape index (κ3) is 26.9. The van der Waals surface area contributed by atoms with Gasteiger partial charge in [-0.05, 0) is 147 Å². The number of aromatic nitrogens is 6. The van der Waals surface area contributed by atoms with Gasteiger partial charge < -0.3 is 53.3 Å². The summed E-state index contributed by atoms with van der Waals surface area (Å²) in [4.78, 5) is 107. The fraction of sp³-hybridized carbons (Fsp3) is 0.242. The van der Waals surface area contributed by atoms with Crippen LogP contribution in [0.15, 0.2) is 136 Å². The molecule has 598 valence electrons. The minimum atomic E-state index is -4.63. The van der Waals surface area contributed by atoms with Gasteiger partial charge in [-0.2, -0.15) is 38.2 Å². The maximum absolute atomic E-state index is 13.7. The third-order valence-corrected chi connectivity index (χ3v) is 18.5. The molecule has 9 rings (SSSR count). The SMILES string of the molecule is CCOC(=O)C1=NN(c2ccc(Cl)cc2Cl)C(C)(C(=O)OCC)C1.COC(=O)c1ccc(CNS(C)(=O)=O)cc1S(=O)(=O)NC(=O)Nc1nc(OC)cc(OC)n1.COC(=O)c1ccc(I)cc1S(=O)(=O)[N-]C(=O)Nc1nc(C)nc(OC)n1.O=C(Nc1ccc(F)cc1F)c1cccnc1Oc1cccc(C(F)(F)F)c1.[Na+]. The molecule has 1 aliphatic rings. The fourth-order valence-corrected chi connectivity index (χ4v) is 12.8. The fourth-order valence-electron chi connectivity index (χ4n) is 8.92. The summed E-state index contributed by atoms with van der Waals surface area (Å²) in [5.41, 5.74) is -2.38. The molecule has 1 unspecified atom stereocenters. The van der Waals surface area contributed by atoms with Crippen LogP contribution in [0.1, 0.15) is 75.2 Å².